The lowest BCUT2D eigenvalue weighted by molar-refractivity contribution is -0.122. The van der Waals surface area contributed by atoms with Gasteiger partial charge in [-0.25, -0.2) is 8.78 Å². The Kier molecular flexibility index (Phi) is 8.35. The molecule has 0 radical (unpaired) electrons. The molecule has 0 aliphatic heterocycles. The molecular formula is C21H26F2N2O3. The molecule has 0 heterocycles. The van der Waals surface area contributed by atoms with Crippen LogP contribution >= 0.6 is 0 Å². The van der Waals surface area contributed by atoms with Crippen LogP contribution in [-0.4, -0.2) is 44.7 Å². The summed E-state index contributed by atoms with van der Waals surface area (Å²) in [5.41, 5.74) is 1.12. The summed E-state index contributed by atoms with van der Waals surface area (Å²) >= 11 is 0. The number of ether oxygens (including phenoxy) is 2. The molecule has 2 aromatic rings. The van der Waals surface area contributed by atoms with Crippen molar-refractivity contribution in [1.82, 2.24) is 10.2 Å². The number of hydrogen-bond donors (Lipinski definition) is 1. The van der Waals surface area contributed by atoms with Gasteiger partial charge in [-0.3, -0.25) is 9.69 Å². The predicted molar refractivity (Wildman–Crippen MR) is 103 cm³/mol. The standard InChI is InChI=1S/C21H26F2N2O3/c1-15(19-12-17(22)7-8-20(19)23)25(2)14-21(26)24-13-16-5-4-6-18(11-16)28-10-9-27-3/h4-8,11-12,15H,9-10,13-14H2,1-3H3,(H,24,26). The van der Waals surface area contributed by atoms with Crippen LogP contribution in [-0.2, 0) is 16.1 Å². The van der Waals surface area contributed by atoms with Gasteiger partial charge in [0, 0.05) is 25.3 Å². The fraction of sp³-hybridized carbons (Fsp3) is 0.381. The Morgan fingerprint density at radius 1 is 1.18 bits per heavy atom. The average Bonchev–Trinajstić information content (AvgIpc) is 2.68. The van der Waals surface area contributed by atoms with Crippen LogP contribution in [0.25, 0.3) is 0 Å². The molecule has 0 saturated carbocycles. The quantitative estimate of drug-likeness (QED) is 0.631. The van der Waals surface area contributed by atoms with Crippen LogP contribution in [0.2, 0.25) is 0 Å². The topological polar surface area (TPSA) is 50.8 Å². The predicted octanol–water partition coefficient (Wildman–Crippen LogP) is 3.30. The lowest BCUT2D eigenvalue weighted by atomic mass is 10.1. The van der Waals surface area contributed by atoms with Crippen molar-refractivity contribution in [2.45, 2.75) is 19.5 Å². The summed E-state index contributed by atoms with van der Waals surface area (Å²) in [6.45, 7) is 3.08. The zero-order chi connectivity index (χ0) is 20.5. The van der Waals surface area contributed by atoms with E-state index in [1.165, 1.54) is 0 Å². The van der Waals surface area contributed by atoms with E-state index in [9.17, 15) is 13.6 Å². The summed E-state index contributed by atoms with van der Waals surface area (Å²) in [4.78, 5) is 13.9. The van der Waals surface area contributed by atoms with Crippen LogP contribution in [0.1, 0.15) is 24.1 Å². The van der Waals surface area contributed by atoms with E-state index in [4.69, 9.17) is 9.47 Å². The van der Waals surface area contributed by atoms with Gasteiger partial charge in [-0.05, 0) is 49.9 Å². The molecule has 1 amide bonds. The van der Waals surface area contributed by atoms with Gasteiger partial charge in [0.2, 0.25) is 5.91 Å². The Labute approximate surface area is 164 Å². The number of rotatable bonds is 10. The number of hydrogen-bond acceptors (Lipinski definition) is 4. The van der Waals surface area contributed by atoms with E-state index >= 15 is 0 Å². The van der Waals surface area contributed by atoms with Crippen molar-refractivity contribution < 1.29 is 23.0 Å². The molecule has 0 saturated heterocycles. The van der Waals surface area contributed by atoms with Crippen molar-refractivity contribution in [3.05, 3.63) is 65.2 Å². The minimum Gasteiger partial charge on any atom is -0.491 e. The minimum absolute atomic E-state index is 0.0567. The molecule has 1 unspecified atom stereocenters. The van der Waals surface area contributed by atoms with E-state index in [-0.39, 0.29) is 18.0 Å². The molecule has 7 heteroatoms. The Morgan fingerprint density at radius 2 is 1.96 bits per heavy atom. The van der Waals surface area contributed by atoms with Gasteiger partial charge >= 0.3 is 0 Å². The summed E-state index contributed by atoms with van der Waals surface area (Å²) in [5, 5.41) is 2.83. The lowest BCUT2D eigenvalue weighted by Gasteiger charge is -2.25. The molecule has 0 aromatic heterocycles. The maximum absolute atomic E-state index is 13.9. The molecule has 28 heavy (non-hydrogen) atoms. The maximum atomic E-state index is 13.9. The maximum Gasteiger partial charge on any atom is 0.234 e. The first kappa shape index (κ1) is 21.8. The normalized spacial score (nSPS) is 12.1. The highest BCUT2D eigenvalue weighted by molar-refractivity contribution is 5.78. The summed E-state index contributed by atoms with van der Waals surface area (Å²) in [6, 6.07) is 10.3. The second-order valence-electron chi connectivity index (χ2n) is 6.52. The number of methoxy groups -OCH3 is 1. The first-order chi connectivity index (χ1) is 13.4. The summed E-state index contributed by atoms with van der Waals surface area (Å²) in [7, 11) is 3.30. The first-order valence-corrected chi connectivity index (χ1v) is 9.03. The fourth-order valence-electron chi connectivity index (χ4n) is 2.68. The number of benzene rings is 2. The molecule has 0 aliphatic carbocycles. The molecule has 5 nitrogen and oxygen atoms in total. The molecule has 0 aliphatic rings. The second-order valence-corrected chi connectivity index (χ2v) is 6.52. The smallest absolute Gasteiger partial charge is 0.234 e. The van der Waals surface area contributed by atoms with Gasteiger partial charge in [0.1, 0.15) is 24.0 Å². The number of nitrogens with zero attached hydrogens (tertiary/aromatic N) is 1. The Balaban J connectivity index is 1.86. The summed E-state index contributed by atoms with van der Waals surface area (Å²) in [5.74, 6) is -0.506. The molecule has 2 aromatic carbocycles. The number of likely N-dealkylation sites (N-methyl/N-ethyl adjacent to an activating group) is 1. The van der Waals surface area contributed by atoms with Crippen molar-refractivity contribution in [2.24, 2.45) is 0 Å². The average molecular weight is 392 g/mol. The van der Waals surface area contributed by atoms with Gasteiger partial charge in [-0.2, -0.15) is 0 Å². The van der Waals surface area contributed by atoms with Gasteiger partial charge in [-0.1, -0.05) is 12.1 Å². The van der Waals surface area contributed by atoms with Crippen molar-refractivity contribution in [3.8, 4) is 5.75 Å². The van der Waals surface area contributed by atoms with E-state index in [0.29, 0.717) is 25.5 Å². The molecule has 0 bridgehead atoms. The monoisotopic (exact) mass is 392 g/mol. The van der Waals surface area contributed by atoms with E-state index in [0.717, 1.165) is 23.8 Å². The SMILES string of the molecule is COCCOc1cccc(CNC(=O)CN(C)C(C)c2cc(F)ccc2F)c1. The third kappa shape index (κ3) is 6.58. The van der Waals surface area contributed by atoms with Gasteiger partial charge < -0.3 is 14.8 Å². The molecule has 1 N–H and O–H groups in total. The molecule has 0 fully saturated rings. The lowest BCUT2D eigenvalue weighted by Crippen LogP contribution is -2.36. The fourth-order valence-corrected chi connectivity index (χ4v) is 2.68. The first-order valence-electron chi connectivity index (χ1n) is 9.03. The van der Waals surface area contributed by atoms with Gasteiger partial charge in [0.15, 0.2) is 0 Å². The number of amides is 1. The van der Waals surface area contributed by atoms with E-state index in [1.807, 2.05) is 24.3 Å². The highest BCUT2D eigenvalue weighted by Crippen LogP contribution is 2.22. The van der Waals surface area contributed by atoms with Gasteiger partial charge in [-0.15, -0.1) is 0 Å². The van der Waals surface area contributed by atoms with E-state index in [1.54, 1.807) is 26.0 Å². The van der Waals surface area contributed by atoms with Crippen molar-refractivity contribution >= 4 is 5.91 Å². The molecule has 1 atom stereocenters. The Bertz CT molecular complexity index is 786. The van der Waals surface area contributed by atoms with E-state index in [2.05, 4.69) is 5.32 Å². The van der Waals surface area contributed by atoms with E-state index < -0.39 is 17.7 Å². The third-order valence-corrected chi connectivity index (χ3v) is 4.41. The molecule has 2 rings (SSSR count). The highest BCUT2D eigenvalue weighted by atomic mass is 19.1. The van der Waals surface area contributed by atoms with Crippen LogP contribution in [0.4, 0.5) is 8.78 Å². The number of carbonyl (C=O) groups is 1. The van der Waals surface area contributed by atoms with Crippen molar-refractivity contribution in [1.29, 1.82) is 0 Å². The van der Waals surface area contributed by atoms with Crippen LogP contribution in [0.15, 0.2) is 42.5 Å². The number of nitrogens with one attached hydrogen (secondary N) is 1. The zero-order valence-electron chi connectivity index (χ0n) is 16.4. The van der Waals surface area contributed by atoms with Crippen LogP contribution in [0, 0.1) is 11.6 Å². The molecule has 0 spiro atoms. The summed E-state index contributed by atoms with van der Waals surface area (Å²) in [6.07, 6.45) is 0. The Morgan fingerprint density at radius 3 is 2.71 bits per heavy atom. The van der Waals surface area contributed by atoms with Gasteiger partial charge in [0.05, 0.1) is 13.2 Å². The van der Waals surface area contributed by atoms with Crippen molar-refractivity contribution in [2.75, 3.05) is 33.9 Å². The number of carbonyl (C=O) groups excluding carboxylic acids is 1. The van der Waals surface area contributed by atoms with Crippen LogP contribution in [0.5, 0.6) is 5.75 Å². The zero-order valence-corrected chi connectivity index (χ0v) is 16.4. The minimum atomic E-state index is -0.506. The Hall–Kier alpha value is -2.51. The third-order valence-electron chi connectivity index (χ3n) is 4.41. The molecular weight excluding hydrogens is 366 g/mol. The second kappa shape index (κ2) is 10.7. The van der Waals surface area contributed by atoms with Crippen molar-refractivity contribution in [3.63, 3.8) is 0 Å². The van der Waals surface area contributed by atoms with Crippen LogP contribution in [0.3, 0.4) is 0 Å². The molecule has 152 valence electrons. The van der Waals surface area contributed by atoms with Gasteiger partial charge in [0.25, 0.3) is 0 Å². The number of halogens is 2. The highest BCUT2D eigenvalue weighted by Gasteiger charge is 2.18. The van der Waals surface area contributed by atoms with Crippen LogP contribution < -0.4 is 10.1 Å². The largest absolute Gasteiger partial charge is 0.491 e. The summed E-state index contributed by atoms with van der Waals surface area (Å²) < 4.78 is 37.8.